The van der Waals surface area contributed by atoms with Crippen LogP contribution in [0.2, 0.25) is 18.6 Å². The van der Waals surface area contributed by atoms with Gasteiger partial charge in [-0.05, 0) is 68.4 Å². The monoisotopic (exact) mass is 667 g/mol. The van der Waals surface area contributed by atoms with E-state index >= 15 is 0 Å². The Kier molecular flexibility index (Phi) is 8.06. The molecule has 3 amide bonds. The standard InChI is InChI=1S/C37H41N3O7Si/c1-5-18-39-28-17-16-24(40-29-13-7-9-15-31(29)46-30-14-8-6-12-26(30)35(40)43)20-27(28)37(36(39)44)23(2)34(48(3,4)45)32(47-37)21-33(42)38-19-10-11-25(38)22-41/h5-9,12-17,20,23,25,32,34,41,45H,1,10-11,18-19,21-22H2,2-4H3/t23-,25+,32+,34-,37+/m1/s1. The molecule has 7 rings (SSSR count). The average molecular weight is 668 g/mol. The maximum atomic E-state index is 14.7. The second-order valence-corrected chi connectivity index (χ2v) is 17.7. The Labute approximate surface area is 281 Å². The molecule has 4 heterocycles. The van der Waals surface area contributed by atoms with Gasteiger partial charge in [0, 0.05) is 35.8 Å². The fourth-order valence-electron chi connectivity index (χ4n) is 8.42. The molecule has 2 saturated heterocycles. The number of rotatable bonds is 7. The number of hydrogen-bond donors (Lipinski definition) is 2. The van der Waals surface area contributed by atoms with Crippen LogP contribution in [0.5, 0.6) is 11.5 Å². The van der Waals surface area contributed by atoms with Crippen LogP contribution in [0.25, 0.3) is 0 Å². The number of ether oxygens (including phenoxy) is 2. The van der Waals surface area contributed by atoms with Gasteiger partial charge in [0.15, 0.2) is 19.7 Å². The number of amides is 3. The van der Waals surface area contributed by atoms with Crippen molar-refractivity contribution in [1.82, 2.24) is 4.90 Å². The van der Waals surface area contributed by atoms with Gasteiger partial charge in [-0.1, -0.05) is 37.3 Å². The summed E-state index contributed by atoms with van der Waals surface area (Å²) in [5, 5.41) is 9.89. The van der Waals surface area contributed by atoms with Crippen molar-refractivity contribution >= 4 is 43.1 Å². The molecule has 48 heavy (non-hydrogen) atoms. The van der Waals surface area contributed by atoms with Gasteiger partial charge in [-0.25, -0.2) is 0 Å². The van der Waals surface area contributed by atoms with Crippen molar-refractivity contribution in [3.8, 4) is 11.5 Å². The third kappa shape index (κ3) is 4.90. The lowest BCUT2D eigenvalue weighted by Crippen LogP contribution is -2.46. The number of aliphatic hydroxyl groups excluding tert-OH is 1. The molecule has 1 spiro atoms. The van der Waals surface area contributed by atoms with Gasteiger partial charge in [-0.3, -0.25) is 19.3 Å². The van der Waals surface area contributed by atoms with Crippen LogP contribution in [-0.4, -0.2) is 72.7 Å². The van der Waals surface area contributed by atoms with E-state index in [1.165, 1.54) is 0 Å². The largest absolute Gasteiger partial charge is 0.454 e. The molecule has 3 aromatic carbocycles. The van der Waals surface area contributed by atoms with E-state index in [-0.39, 0.29) is 43.3 Å². The van der Waals surface area contributed by atoms with Gasteiger partial charge in [0.05, 0.1) is 42.1 Å². The van der Waals surface area contributed by atoms with Crippen molar-refractivity contribution in [1.29, 1.82) is 0 Å². The summed E-state index contributed by atoms with van der Waals surface area (Å²) >= 11 is 0. The first-order chi connectivity index (χ1) is 23.0. The second kappa shape index (κ2) is 12.0. The highest BCUT2D eigenvalue weighted by Gasteiger charge is 2.66. The van der Waals surface area contributed by atoms with Crippen LogP contribution in [-0.2, 0) is 19.9 Å². The maximum Gasteiger partial charge on any atom is 0.266 e. The van der Waals surface area contributed by atoms with Crippen LogP contribution in [0.15, 0.2) is 79.4 Å². The minimum Gasteiger partial charge on any atom is -0.454 e. The summed E-state index contributed by atoms with van der Waals surface area (Å²) in [5.41, 5.74) is 0.710. The van der Waals surface area contributed by atoms with E-state index in [1.54, 1.807) is 39.0 Å². The first-order valence-corrected chi connectivity index (χ1v) is 19.6. The van der Waals surface area contributed by atoms with Crippen LogP contribution < -0.4 is 14.5 Å². The fourth-order valence-corrected chi connectivity index (χ4v) is 11.0. The molecule has 4 aliphatic rings. The van der Waals surface area contributed by atoms with Gasteiger partial charge in [0.25, 0.3) is 11.8 Å². The third-order valence-electron chi connectivity index (χ3n) is 10.5. The number of aliphatic hydroxyl groups is 1. The Morgan fingerprint density at radius 3 is 2.52 bits per heavy atom. The number of anilines is 3. The van der Waals surface area contributed by atoms with E-state index in [2.05, 4.69) is 6.58 Å². The smallest absolute Gasteiger partial charge is 0.266 e. The van der Waals surface area contributed by atoms with Crippen molar-refractivity contribution in [2.75, 3.05) is 29.5 Å². The zero-order chi connectivity index (χ0) is 34.0. The van der Waals surface area contributed by atoms with Crippen molar-refractivity contribution in [2.45, 2.75) is 62.6 Å². The molecule has 10 nitrogen and oxygen atoms in total. The van der Waals surface area contributed by atoms with Crippen LogP contribution in [0, 0.1) is 5.92 Å². The number of benzene rings is 3. The van der Waals surface area contributed by atoms with Gasteiger partial charge in [0.2, 0.25) is 5.91 Å². The van der Waals surface area contributed by atoms with Crippen molar-refractivity contribution in [3.05, 3.63) is 90.5 Å². The molecule has 0 saturated carbocycles. The molecule has 2 fully saturated rings. The Bertz CT molecular complexity index is 1810. The molecule has 0 aliphatic carbocycles. The summed E-state index contributed by atoms with van der Waals surface area (Å²) in [5.74, 6) is -0.270. The van der Waals surface area contributed by atoms with Gasteiger partial charge in [0.1, 0.15) is 5.75 Å². The molecule has 5 atom stereocenters. The molecule has 0 bridgehead atoms. The summed E-state index contributed by atoms with van der Waals surface area (Å²) < 4.78 is 13.1. The Morgan fingerprint density at radius 2 is 1.79 bits per heavy atom. The summed E-state index contributed by atoms with van der Waals surface area (Å²) in [6.45, 7) is 10.1. The maximum absolute atomic E-state index is 14.7. The zero-order valence-corrected chi connectivity index (χ0v) is 28.5. The van der Waals surface area contributed by atoms with Crippen LogP contribution in [0.4, 0.5) is 17.1 Å². The van der Waals surface area contributed by atoms with Crippen molar-refractivity contribution < 1.29 is 33.8 Å². The highest BCUT2D eigenvalue weighted by Crippen LogP contribution is 2.60. The summed E-state index contributed by atoms with van der Waals surface area (Å²) in [7, 11) is -3.03. The number of nitrogens with zero attached hydrogens (tertiary/aromatic N) is 3. The lowest BCUT2D eigenvalue weighted by Gasteiger charge is -2.33. The molecule has 0 radical (unpaired) electrons. The lowest BCUT2D eigenvalue weighted by atomic mass is 9.82. The Hall–Kier alpha value is -4.29. The minimum absolute atomic E-state index is 0.0138. The first kappa shape index (κ1) is 32.3. The number of fused-ring (bicyclic) bond motifs is 4. The van der Waals surface area contributed by atoms with Crippen LogP contribution in [0.3, 0.4) is 0 Å². The van der Waals surface area contributed by atoms with E-state index in [9.17, 15) is 24.3 Å². The summed E-state index contributed by atoms with van der Waals surface area (Å²) in [6.07, 6.45) is 2.45. The van der Waals surface area contributed by atoms with E-state index in [0.717, 1.165) is 12.8 Å². The molecular formula is C37H41N3O7Si. The highest BCUT2D eigenvalue weighted by molar-refractivity contribution is 6.71. The Balaban J connectivity index is 1.36. The van der Waals surface area contributed by atoms with Crippen LogP contribution >= 0.6 is 0 Å². The summed E-state index contributed by atoms with van der Waals surface area (Å²) in [4.78, 5) is 59.3. The van der Waals surface area contributed by atoms with Gasteiger partial charge < -0.3 is 29.2 Å². The quantitative estimate of drug-likeness (QED) is 0.253. The highest BCUT2D eigenvalue weighted by atomic mass is 28.4. The topological polar surface area (TPSA) is 120 Å². The van der Waals surface area contributed by atoms with Crippen molar-refractivity contribution in [3.63, 3.8) is 0 Å². The molecular weight excluding hydrogens is 627 g/mol. The van der Waals surface area contributed by atoms with E-state index in [1.807, 2.05) is 68.5 Å². The van der Waals surface area contributed by atoms with Gasteiger partial charge in [-0.2, -0.15) is 0 Å². The zero-order valence-electron chi connectivity index (χ0n) is 27.5. The summed E-state index contributed by atoms with van der Waals surface area (Å²) in [6, 6.07) is 19.7. The number of carbonyl (C=O) groups excluding carboxylic acids is 3. The third-order valence-corrected chi connectivity index (χ3v) is 13.0. The molecule has 0 unspecified atom stereocenters. The SMILES string of the molecule is C=CCN1C(=O)[C@@]2(O[C@@H](CC(=O)N3CCC[C@H]3CO)[C@H]([Si](C)(C)O)[C@H]2C)c2cc(N3C(=O)c4ccccc4Oc4ccccc43)ccc21. The van der Waals surface area contributed by atoms with E-state index in [4.69, 9.17) is 9.47 Å². The predicted molar refractivity (Wildman–Crippen MR) is 184 cm³/mol. The van der Waals surface area contributed by atoms with E-state index in [0.29, 0.717) is 46.2 Å². The molecule has 4 aliphatic heterocycles. The van der Waals surface area contributed by atoms with Crippen LogP contribution in [0.1, 0.15) is 42.1 Å². The van der Waals surface area contributed by atoms with Gasteiger partial charge in [-0.15, -0.1) is 6.58 Å². The minimum atomic E-state index is -3.03. The molecule has 11 heteroatoms. The number of carbonyl (C=O) groups is 3. The second-order valence-electron chi connectivity index (χ2n) is 13.7. The predicted octanol–water partition coefficient (Wildman–Crippen LogP) is 5.47. The number of hydrogen-bond acceptors (Lipinski definition) is 7. The van der Waals surface area contributed by atoms with Crippen molar-refractivity contribution in [2.24, 2.45) is 5.92 Å². The number of likely N-dealkylation sites (tertiary alicyclic amines) is 1. The number of para-hydroxylation sites is 3. The molecule has 3 aromatic rings. The first-order valence-electron chi connectivity index (χ1n) is 16.6. The normalized spacial score (nSPS) is 26.3. The fraction of sp³-hybridized carbons (Fsp3) is 0.378. The average Bonchev–Trinajstić information content (AvgIpc) is 3.70. The Morgan fingerprint density at radius 1 is 1.06 bits per heavy atom. The lowest BCUT2D eigenvalue weighted by molar-refractivity contribution is -0.149. The molecule has 2 N–H and O–H groups in total. The molecule has 0 aromatic heterocycles. The van der Waals surface area contributed by atoms with E-state index < -0.39 is 31.5 Å². The molecule has 250 valence electrons. The van der Waals surface area contributed by atoms with Gasteiger partial charge >= 0.3 is 0 Å².